The fraction of sp³-hybridized carbons (Fsp3) is 0.500. The van der Waals surface area contributed by atoms with Gasteiger partial charge in [0.25, 0.3) is 5.91 Å². The lowest BCUT2D eigenvalue weighted by Crippen LogP contribution is -2.44. The average Bonchev–Trinajstić information content (AvgIpc) is 2.35. The van der Waals surface area contributed by atoms with Crippen molar-refractivity contribution in [2.75, 3.05) is 6.54 Å². The second kappa shape index (κ2) is 5.62. The summed E-state index contributed by atoms with van der Waals surface area (Å²) in [5.74, 6) is 0.666. The summed E-state index contributed by atoms with van der Waals surface area (Å²) in [6.07, 6.45) is 2.28. The molecule has 0 N–H and O–H groups in total. The predicted octanol–water partition coefficient (Wildman–Crippen LogP) is 4.36. The van der Waals surface area contributed by atoms with E-state index in [4.69, 9.17) is 11.6 Å². The predicted molar refractivity (Wildman–Crippen MR) is 78.0 cm³/mol. The van der Waals surface area contributed by atoms with Crippen LogP contribution in [0, 0.1) is 5.92 Å². The van der Waals surface area contributed by atoms with E-state index in [1.165, 1.54) is 6.42 Å². The number of carbonyl (C=O) groups excluding carboxylic acids is 1. The van der Waals surface area contributed by atoms with Crippen LogP contribution in [0.4, 0.5) is 0 Å². The minimum atomic E-state index is 0.0865. The molecule has 0 spiro atoms. The number of rotatable bonds is 1. The normalized spacial score (nSPS) is 24.1. The monoisotopic (exact) mass is 329 g/mol. The maximum atomic E-state index is 12.5. The van der Waals surface area contributed by atoms with Crippen LogP contribution in [-0.2, 0) is 0 Å². The molecule has 18 heavy (non-hydrogen) atoms. The molecule has 1 aliphatic heterocycles. The number of hydrogen-bond donors (Lipinski definition) is 0. The summed E-state index contributed by atoms with van der Waals surface area (Å²) in [6.45, 7) is 5.15. The highest BCUT2D eigenvalue weighted by molar-refractivity contribution is 9.10. The Morgan fingerprint density at radius 2 is 2.11 bits per heavy atom. The highest BCUT2D eigenvalue weighted by Crippen LogP contribution is 2.27. The number of halogens is 2. The first kappa shape index (κ1) is 13.9. The molecule has 0 radical (unpaired) electrons. The third-order valence-electron chi connectivity index (χ3n) is 3.55. The second-order valence-electron chi connectivity index (χ2n) is 5.12. The first-order valence-electron chi connectivity index (χ1n) is 6.25. The van der Waals surface area contributed by atoms with Gasteiger partial charge in [-0.3, -0.25) is 4.79 Å². The Bertz CT molecular complexity index is 463. The van der Waals surface area contributed by atoms with Gasteiger partial charge in [-0.25, -0.2) is 0 Å². The van der Waals surface area contributed by atoms with Crippen molar-refractivity contribution < 1.29 is 4.79 Å². The van der Waals surface area contributed by atoms with Crippen LogP contribution in [0.2, 0.25) is 5.02 Å². The quantitative estimate of drug-likeness (QED) is 0.749. The summed E-state index contributed by atoms with van der Waals surface area (Å²) in [5, 5.41) is 0.582. The van der Waals surface area contributed by atoms with E-state index in [2.05, 4.69) is 29.8 Å². The van der Waals surface area contributed by atoms with Gasteiger partial charge in [-0.2, -0.15) is 0 Å². The molecule has 2 atom stereocenters. The molecular formula is C14H17BrClNO. The summed E-state index contributed by atoms with van der Waals surface area (Å²) < 4.78 is 0.820. The molecule has 1 amide bonds. The van der Waals surface area contributed by atoms with Crippen molar-refractivity contribution in [1.29, 1.82) is 0 Å². The van der Waals surface area contributed by atoms with Crippen LogP contribution in [-0.4, -0.2) is 23.4 Å². The zero-order valence-corrected chi connectivity index (χ0v) is 13.0. The van der Waals surface area contributed by atoms with Crippen LogP contribution in [0.1, 0.15) is 37.0 Å². The van der Waals surface area contributed by atoms with Crippen molar-refractivity contribution in [3.63, 3.8) is 0 Å². The van der Waals surface area contributed by atoms with Gasteiger partial charge in [0.2, 0.25) is 0 Å². The lowest BCUT2D eigenvalue weighted by molar-refractivity contribution is 0.0574. The van der Waals surface area contributed by atoms with Gasteiger partial charge in [-0.15, -0.1) is 0 Å². The van der Waals surface area contributed by atoms with E-state index in [1.807, 2.05) is 17.0 Å². The van der Waals surface area contributed by atoms with Crippen LogP contribution < -0.4 is 0 Å². The smallest absolute Gasteiger partial charge is 0.254 e. The number of piperidine rings is 1. The summed E-state index contributed by atoms with van der Waals surface area (Å²) >= 11 is 9.38. The first-order chi connectivity index (χ1) is 8.49. The van der Waals surface area contributed by atoms with Gasteiger partial charge in [-0.05, 0) is 59.8 Å². The van der Waals surface area contributed by atoms with Gasteiger partial charge in [0.05, 0.1) is 5.02 Å². The number of nitrogens with zero attached hydrogens (tertiary/aromatic N) is 1. The van der Waals surface area contributed by atoms with Crippen LogP contribution >= 0.6 is 27.5 Å². The van der Waals surface area contributed by atoms with Crippen molar-refractivity contribution in [1.82, 2.24) is 4.90 Å². The molecule has 1 fully saturated rings. The molecule has 2 rings (SSSR count). The lowest BCUT2D eigenvalue weighted by atomic mass is 9.94. The number of likely N-dealkylation sites (tertiary alicyclic amines) is 1. The molecule has 0 saturated carbocycles. The Hall–Kier alpha value is -0.540. The van der Waals surface area contributed by atoms with Crippen molar-refractivity contribution in [2.24, 2.45) is 5.92 Å². The largest absolute Gasteiger partial charge is 0.336 e. The Morgan fingerprint density at radius 1 is 1.39 bits per heavy atom. The van der Waals surface area contributed by atoms with Crippen LogP contribution in [0.3, 0.4) is 0 Å². The Labute approximate surface area is 121 Å². The standard InChI is InChI=1S/C14H17BrClNO/c1-9-3-4-10(2)17(8-9)14(18)11-5-6-12(15)13(16)7-11/h5-7,9-10H,3-4,8H2,1-2H3. The van der Waals surface area contributed by atoms with E-state index < -0.39 is 0 Å². The Morgan fingerprint density at radius 3 is 2.78 bits per heavy atom. The third-order valence-corrected chi connectivity index (χ3v) is 4.78. The number of benzene rings is 1. The molecule has 4 heteroatoms. The van der Waals surface area contributed by atoms with E-state index in [9.17, 15) is 4.79 Å². The zero-order chi connectivity index (χ0) is 13.3. The van der Waals surface area contributed by atoms with E-state index in [1.54, 1.807) is 6.07 Å². The fourth-order valence-corrected chi connectivity index (χ4v) is 2.79. The summed E-state index contributed by atoms with van der Waals surface area (Å²) in [6, 6.07) is 5.70. The second-order valence-corrected chi connectivity index (χ2v) is 6.38. The number of carbonyl (C=O) groups is 1. The van der Waals surface area contributed by atoms with Crippen molar-refractivity contribution in [2.45, 2.75) is 32.7 Å². The van der Waals surface area contributed by atoms with Crippen LogP contribution in [0.15, 0.2) is 22.7 Å². The molecule has 0 aliphatic carbocycles. The molecule has 1 aromatic carbocycles. The van der Waals surface area contributed by atoms with Crippen LogP contribution in [0.5, 0.6) is 0 Å². The molecule has 2 unspecified atom stereocenters. The van der Waals surface area contributed by atoms with E-state index in [0.29, 0.717) is 22.5 Å². The molecular weight excluding hydrogens is 314 g/mol. The average molecular weight is 331 g/mol. The van der Waals surface area contributed by atoms with E-state index in [-0.39, 0.29) is 5.91 Å². The molecule has 1 aromatic rings. The van der Waals surface area contributed by atoms with E-state index >= 15 is 0 Å². The molecule has 1 heterocycles. The highest BCUT2D eigenvalue weighted by atomic mass is 79.9. The topological polar surface area (TPSA) is 20.3 Å². The summed E-state index contributed by atoms with van der Waals surface area (Å²) in [4.78, 5) is 14.4. The lowest BCUT2D eigenvalue weighted by Gasteiger charge is -2.36. The highest BCUT2D eigenvalue weighted by Gasteiger charge is 2.27. The Balaban J connectivity index is 2.21. The maximum Gasteiger partial charge on any atom is 0.254 e. The van der Waals surface area contributed by atoms with Gasteiger partial charge in [0.15, 0.2) is 0 Å². The first-order valence-corrected chi connectivity index (χ1v) is 7.42. The maximum absolute atomic E-state index is 12.5. The van der Waals surface area contributed by atoms with E-state index in [0.717, 1.165) is 17.4 Å². The van der Waals surface area contributed by atoms with Gasteiger partial charge < -0.3 is 4.90 Å². The van der Waals surface area contributed by atoms with Crippen molar-refractivity contribution >= 4 is 33.4 Å². The fourth-order valence-electron chi connectivity index (χ4n) is 2.37. The summed E-state index contributed by atoms with van der Waals surface area (Å²) in [5.41, 5.74) is 0.671. The van der Waals surface area contributed by atoms with Gasteiger partial charge in [0, 0.05) is 22.6 Å². The number of hydrogen-bond acceptors (Lipinski definition) is 1. The molecule has 1 aliphatic rings. The third kappa shape index (κ3) is 2.89. The van der Waals surface area contributed by atoms with Crippen molar-refractivity contribution in [3.8, 4) is 0 Å². The van der Waals surface area contributed by atoms with Crippen molar-refractivity contribution in [3.05, 3.63) is 33.3 Å². The molecule has 2 nitrogen and oxygen atoms in total. The number of amides is 1. The molecule has 0 aromatic heterocycles. The minimum absolute atomic E-state index is 0.0865. The molecule has 1 saturated heterocycles. The van der Waals surface area contributed by atoms with Gasteiger partial charge >= 0.3 is 0 Å². The Kier molecular flexibility index (Phi) is 4.33. The van der Waals surface area contributed by atoms with Gasteiger partial charge in [0.1, 0.15) is 0 Å². The minimum Gasteiger partial charge on any atom is -0.336 e. The zero-order valence-electron chi connectivity index (χ0n) is 10.6. The molecule has 98 valence electrons. The van der Waals surface area contributed by atoms with Gasteiger partial charge in [-0.1, -0.05) is 18.5 Å². The summed E-state index contributed by atoms with van der Waals surface area (Å²) in [7, 11) is 0. The van der Waals surface area contributed by atoms with Crippen LogP contribution in [0.25, 0.3) is 0 Å². The molecule has 0 bridgehead atoms. The SMILES string of the molecule is CC1CCC(C)N(C(=O)c2ccc(Br)c(Cl)c2)C1.